The molecule has 1 heterocycles. The molecule has 0 radical (unpaired) electrons. The predicted molar refractivity (Wildman–Crippen MR) is 85.0 cm³/mol. The minimum Gasteiger partial charge on any atom is -0.383 e. The highest BCUT2D eigenvalue weighted by molar-refractivity contribution is 7.10. The maximum Gasteiger partial charge on any atom is 0.227 e. The van der Waals surface area contributed by atoms with Gasteiger partial charge >= 0.3 is 0 Å². The maximum absolute atomic E-state index is 12.2. The average Bonchev–Trinajstić information content (AvgIpc) is 2.90. The van der Waals surface area contributed by atoms with E-state index in [1.807, 2.05) is 0 Å². The molecule has 0 aliphatic heterocycles. The minimum atomic E-state index is 0. The highest BCUT2D eigenvalue weighted by Gasteiger charge is 2.26. The second-order valence-corrected chi connectivity index (χ2v) is 5.78. The van der Waals surface area contributed by atoms with Gasteiger partial charge in [-0.3, -0.25) is 4.79 Å². The van der Waals surface area contributed by atoms with Gasteiger partial charge in [-0.1, -0.05) is 0 Å². The molecule has 114 valence electrons. The molecule has 2 rings (SSSR count). The third-order valence-electron chi connectivity index (χ3n) is 3.45. The molecule has 1 amide bonds. The summed E-state index contributed by atoms with van der Waals surface area (Å²) in [6, 6.07) is 2.11. The molecule has 0 saturated heterocycles. The number of rotatable bonds is 7. The molecular weight excluding hydrogens is 296 g/mol. The molecule has 0 aromatic carbocycles. The van der Waals surface area contributed by atoms with E-state index in [0.717, 1.165) is 32.4 Å². The van der Waals surface area contributed by atoms with E-state index < -0.39 is 0 Å². The van der Waals surface area contributed by atoms with E-state index >= 15 is 0 Å². The molecule has 0 fully saturated rings. The molecule has 1 aliphatic rings. The number of carbonyl (C=O) groups excluding carboxylic acids is 1. The third kappa shape index (κ3) is 4.74. The summed E-state index contributed by atoms with van der Waals surface area (Å²) in [7, 11) is 1.69. The van der Waals surface area contributed by atoms with Gasteiger partial charge in [-0.15, -0.1) is 23.7 Å². The van der Waals surface area contributed by atoms with Gasteiger partial charge in [0.2, 0.25) is 5.91 Å². The summed E-state index contributed by atoms with van der Waals surface area (Å²) in [6.45, 7) is 3.00. The van der Waals surface area contributed by atoms with Gasteiger partial charge in [0.15, 0.2) is 0 Å². The van der Waals surface area contributed by atoms with Crippen LogP contribution in [0.3, 0.4) is 0 Å². The number of ether oxygens (including phenoxy) is 1. The summed E-state index contributed by atoms with van der Waals surface area (Å²) in [4.78, 5) is 13.6. The number of thiophene rings is 1. The first-order valence-electron chi connectivity index (χ1n) is 6.86. The van der Waals surface area contributed by atoms with Gasteiger partial charge in [0.25, 0.3) is 0 Å². The van der Waals surface area contributed by atoms with Gasteiger partial charge in [0.1, 0.15) is 0 Å². The van der Waals surface area contributed by atoms with E-state index in [0.29, 0.717) is 13.2 Å². The average molecular weight is 319 g/mol. The Morgan fingerprint density at radius 1 is 1.45 bits per heavy atom. The van der Waals surface area contributed by atoms with Crippen LogP contribution in [-0.2, 0) is 16.0 Å². The lowest BCUT2D eigenvalue weighted by molar-refractivity contribution is -0.122. The highest BCUT2D eigenvalue weighted by Crippen LogP contribution is 2.34. The molecule has 1 aliphatic carbocycles. The molecule has 1 aromatic heterocycles. The fraction of sp³-hybridized carbons (Fsp3) is 0.643. The van der Waals surface area contributed by atoms with Crippen LogP contribution < -0.4 is 10.6 Å². The lowest BCUT2D eigenvalue weighted by Gasteiger charge is -2.21. The summed E-state index contributed by atoms with van der Waals surface area (Å²) in [5, 5.41) is 8.34. The van der Waals surface area contributed by atoms with Crippen molar-refractivity contribution in [3.8, 4) is 0 Å². The highest BCUT2D eigenvalue weighted by atomic mass is 35.5. The van der Waals surface area contributed by atoms with Crippen molar-refractivity contribution in [2.24, 2.45) is 0 Å². The summed E-state index contributed by atoms with van der Waals surface area (Å²) in [5.74, 6) is 0.238. The Labute approximate surface area is 130 Å². The number of nitrogens with one attached hydrogen (secondary N) is 2. The molecule has 0 saturated carbocycles. The van der Waals surface area contributed by atoms with Crippen LogP contribution in [0.2, 0.25) is 0 Å². The van der Waals surface area contributed by atoms with E-state index in [2.05, 4.69) is 22.1 Å². The van der Waals surface area contributed by atoms with Gasteiger partial charge in [0.05, 0.1) is 12.5 Å². The van der Waals surface area contributed by atoms with Gasteiger partial charge in [-0.25, -0.2) is 0 Å². The Bertz CT molecular complexity index is 412. The molecule has 2 N–H and O–H groups in total. The molecule has 20 heavy (non-hydrogen) atoms. The molecule has 6 heteroatoms. The number of amides is 1. The minimum absolute atomic E-state index is 0. The van der Waals surface area contributed by atoms with Crippen LogP contribution in [0.25, 0.3) is 0 Å². The number of hydrogen-bond acceptors (Lipinski definition) is 4. The number of carbonyl (C=O) groups is 1. The fourth-order valence-corrected chi connectivity index (χ4v) is 3.44. The number of halogens is 1. The zero-order valence-electron chi connectivity index (χ0n) is 11.8. The molecule has 1 aromatic rings. The largest absolute Gasteiger partial charge is 0.383 e. The molecule has 4 nitrogen and oxygen atoms in total. The zero-order valence-corrected chi connectivity index (χ0v) is 13.4. The van der Waals surface area contributed by atoms with E-state index in [4.69, 9.17) is 4.74 Å². The van der Waals surface area contributed by atoms with Gasteiger partial charge < -0.3 is 15.4 Å². The van der Waals surface area contributed by atoms with Crippen molar-refractivity contribution < 1.29 is 9.53 Å². The first-order chi connectivity index (χ1) is 9.33. The Kier molecular flexibility index (Phi) is 8.14. The van der Waals surface area contributed by atoms with E-state index in [9.17, 15) is 4.79 Å². The zero-order chi connectivity index (χ0) is 13.5. The lowest BCUT2D eigenvalue weighted by atomic mass is 9.87. The van der Waals surface area contributed by atoms with Crippen LogP contribution in [0.4, 0.5) is 0 Å². The van der Waals surface area contributed by atoms with Crippen molar-refractivity contribution in [1.29, 1.82) is 0 Å². The van der Waals surface area contributed by atoms with Crippen LogP contribution in [0, 0.1) is 0 Å². The SMILES string of the molecule is COCCNCCNC(=O)C1CCCc2sccc21.Cl. The van der Waals surface area contributed by atoms with Gasteiger partial charge in [-0.2, -0.15) is 0 Å². The maximum atomic E-state index is 12.2. The predicted octanol–water partition coefficient (Wildman–Crippen LogP) is 1.94. The molecular formula is C14H23ClN2O2S. The molecule has 1 atom stereocenters. The van der Waals surface area contributed by atoms with Crippen molar-refractivity contribution in [2.45, 2.75) is 25.2 Å². The monoisotopic (exact) mass is 318 g/mol. The van der Waals surface area contributed by atoms with Crippen LogP contribution in [0.15, 0.2) is 11.4 Å². The number of fused-ring (bicyclic) bond motifs is 1. The molecule has 1 unspecified atom stereocenters. The van der Waals surface area contributed by atoms with E-state index in [-0.39, 0.29) is 24.2 Å². The summed E-state index contributed by atoms with van der Waals surface area (Å²) >= 11 is 1.78. The summed E-state index contributed by atoms with van der Waals surface area (Å²) < 4.78 is 4.95. The van der Waals surface area contributed by atoms with Crippen LogP contribution in [0.5, 0.6) is 0 Å². The van der Waals surface area contributed by atoms with Crippen molar-refractivity contribution >= 4 is 29.7 Å². The smallest absolute Gasteiger partial charge is 0.227 e. The van der Waals surface area contributed by atoms with Crippen LogP contribution >= 0.6 is 23.7 Å². The van der Waals surface area contributed by atoms with Crippen molar-refractivity contribution in [2.75, 3.05) is 33.4 Å². The Hall–Kier alpha value is -0.620. The van der Waals surface area contributed by atoms with Crippen LogP contribution in [0.1, 0.15) is 29.2 Å². The standard InChI is InChI=1S/C14H22N2O2S.ClH/c1-18-9-8-15-6-7-16-14(17)12-3-2-4-13-11(12)5-10-19-13;/h5,10,12,15H,2-4,6-9H2,1H3,(H,16,17);1H. The van der Waals surface area contributed by atoms with E-state index in [1.165, 1.54) is 10.4 Å². The second kappa shape index (κ2) is 9.34. The van der Waals surface area contributed by atoms with Crippen molar-refractivity contribution in [3.05, 3.63) is 21.9 Å². The Morgan fingerprint density at radius 3 is 3.10 bits per heavy atom. The van der Waals surface area contributed by atoms with E-state index in [1.54, 1.807) is 18.4 Å². The second-order valence-electron chi connectivity index (χ2n) is 4.78. The fourth-order valence-electron chi connectivity index (χ4n) is 2.46. The Morgan fingerprint density at radius 2 is 2.30 bits per heavy atom. The number of hydrogen-bond donors (Lipinski definition) is 2. The Balaban J connectivity index is 0.00000200. The first-order valence-corrected chi connectivity index (χ1v) is 7.74. The van der Waals surface area contributed by atoms with Gasteiger partial charge in [0, 0.05) is 31.6 Å². The normalized spacial score (nSPS) is 17.1. The van der Waals surface area contributed by atoms with Gasteiger partial charge in [-0.05, 0) is 36.3 Å². The third-order valence-corrected chi connectivity index (χ3v) is 4.45. The molecule has 0 spiro atoms. The van der Waals surface area contributed by atoms with Crippen molar-refractivity contribution in [3.63, 3.8) is 0 Å². The quantitative estimate of drug-likeness (QED) is 0.755. The number of methoxy groups -OCH3 is 1. The summed E-state index contributed by atoms with van der Waals surface area (Å²) in [5.41, 5.74) is 1.25. The first kappa shape index (κ1) is 17.4. The van der Waals surface area contributed by atoms with Crippen LogP contribution in [-0.4, -0.2) is 39.3 Å². The topological polar surface area (TPSA) is 50.4 Å². The lowest BCUT2D eigenvalue weighted by Crippen LogP contribution is -2.36. The van der Waals surface area contributed by atoms with Crippen molar-refractivity contribution in [1.82, 2.24) is 10.6 Å². The number of aryl methyl sites for hydroxylation is 1. The summed E-state index contributed by atoms with van der Waals surface area (Å²) in [6.07, 6.45) is 3.24. The molecule has 0 bridgehead atoms.